The number of amides is 1. The molecule has 1 aromatic heterocycles. The number of alkyl carbamates (subject to hydrolysis) is 1. The van der Waals surface area contributed by atoms with Crippen molar-refractivity contribution in [1.29, 1.82) is 0 Å². The number of nitrogens with two attached hydrogens (primary N) is 1. The third-order valence-corrected chi connectivity index (χ3v) is 4.57. The molecule has 0 aliphatic rings. The standard InChI is InChI=1S/C17H22N4O4S/c1-17(2,3)25-16(22)20-9-5-10-21-26(23,24)14-7-4-6-13-12(14)8-11-19-15(13)18/h4-8,10-11,21H,9H2,1-3H3,(H2,18,19)(H,20,22). The predicted octanol–water partition coefficient (Wildman–Crippen LogP) is 2.13. The Kier molecular flexibility index (Phi) is 5.71. The molecule has 140 valence electrons. The van der Waals surface area contributed by atoms with Crippen molar-refractivity contribution in [2.45, 2.75) is 31.3 Å². The van der Waals surface area contributed by atoms with Crippen LogP contribution in [0.1, 0.15) is 20.8 Å². The molecular weight excluding hydrogens is 356 g/mol. The van der Waals surface area contributed by atoms with E-state index in [1.54, 1.807) is 39.0 Å². The first-order valence-corrected chi connectivity index (χ1v) is 9.36. The van der Waals surface area contributed by atoms with Crippen LogP contribution in [-0.4, -0.2) is 31.6 Å². The fraction of sp³-hybridized carbons (Fsp3) is 0.294. The summed E-state index contributed by atoms with van der Waals surface area (Å²) in [7, 11) is -3.80. The van der Waals surface area contributed by atoms with E-state index >= 15 is 0 Å². The minimum absolute atomic E-state index is 0.0915. The number of carbonyl (C=O) groups is 1. The quantitative estimate of drug-likeness (QED) is 0.732. The first-order chi connectivity index (χ1) is 12.1. The average molecular weight is 378 g/mol. The Morgan fingerprint density at radius 3 is 2.69 bits per heavy atom. The van der Waals surface area contributed by atoms with Crippen molar-refractivity contribution in [3.05, 3.63) is 42.7 Å². The van der Waals surface area contributed by atoms with Gasteiger partial charge in [0.15, 0.2) is 0 Å². The van der Waals surface area contributed by atoms with Crippen molar-refractivity contribution in [1.82, 2.24) is 15.0 Å². The number of rotatable bonds is 5. The van der Waals surface area contributed by atoms with E-state index in [-0.39, 0.29) is 17.3 Å². The highest BCUT2D eigenvalue weighted by molar-refractivity contribution is 7.89. The minimum atomic E-state index is -3.80. The molecule has 0 radical (unpaired) electrons. The van der Waals surface area contributed by atoms with Gasteiger partial charge in [0.05, 0.1) is 4.90 Å². The van der Waals surface area contributed by atoms with Gasteiger partial charge >= 0.3 is 6.09 Å². The Hall–Kier alpha value is -2.81. The molecular formula is C17H22N4O4S. The van der Waals surface area contributed by atoms with Crippen molar-refractivity contribution in [2.75, 3.05) is 12.3 Å². The third kappa shape index (κ3) is 5.09. The SMILES string of the molecule is CC(C)(C)OC(=O)NCC=CNS(=O)(=O)c1cccc2c(N)nccc12. The molecule has 2 aromatic rings. The maximum atomic E-state index is 12.5. The van der Waals surface area contributed by atoms with Crippen molar-refractivity contribution in [3.63, 3.8) is 0 Å². The number of hydrogen-bond acceptors (Lipinski definition) is 6. The monoisotopic (exact) mass is 378 g/mol. The lowest BCUT2D eigenvalue weighted by molar-refractivity contribution is 0.0534. The van der Waals surface area contributed by atoms with Gasteiger partial charge in [0.25, 0.3) is 10.0 Å². The minimum Gasteiger partial charge on any atom is -0.444 e. The lowest BCUT2D eigenvalue weighted by Crippen LogP contribution is -2.32. The van der Waals surface area contributed by atoms with Crippen LogP contribution in [-0.2, 0) is 14.8 Å². The predicted molar refractivity (Wildman–Crippen MR) is 99.9 cm³/mol. The highest BCUT2D eigenvalue weighted by atomic mass is 32.2. The highest BCUT2D eigenvalue weighted by Gasteiger charge is 2.17. The van der Waals surface area contributed by atoms with Crippen LogP contribution < -0.4 is 15.8 Å². The molecule has 0 unspecified atom stereocenters. The van der Waals surface area contributed by atoms with Gasteiger partial charge in [0.1, 0.15) is 11.4 Å². The summed E-state index contributed by atoms with van der Waals surface area (Å²) in [5, 5.41) is 3.54. The van der Waals surface area contributed by atoms with E-state index in [2.05, 4.69) is 15.0 Å². The van der Waals surface area contributed by atoms with Gasteiger partial charge in [0, 0.05) is 29.7 Å². The van der Waals surface area contributed by atoms with Gasteiger partial charge in [-0.05, 0) is 39.0 Å². The molecule has 0 bridgehead atoms. The number of sulfonamides is 1. The fourth-order valence-electron chi connectivity index (χ4n) is 2.15. The number of pyridine rings is 1. The van der Waals surface area contributed by atoms with Gasteiger partial charge in [-0.3, -0.25) is 4.72 Å². The maximum absolute atomic E-state index is 12.5. The van der Waals surface area contributed by atoms with Gasteiger partial charge in [-0.1, -0.05) is 12.1 Å². The Balaban J connectivity index is 2.04. The number of nitrogens with zero attached hydrogens (tertiary/aromatic N) is 1. The van der Waals surface area contributed by atoms with E-state index in [0.29, 0.717) is 10.8 Å². The zero-order valence-corrected chi connectivity index (χ0v) is 15.6. The normalized spacial score (nSPS) is 12.3. The molecule has 0 saturated heterocycles. The van der Waals surface area contributed by atoms with Crippen LogP contribution in [0.4, 0.5) is 10.6 Å². The van der Waals surface area contributed by atoms with E-state index in [1.807, 2.05) is 0 Å². The molecule has 0 aliphatic carbocycles. The second-order valence-corrected chi connectivity index (χ2v) is 8.14. The second-order valence-electron chi connectivity index (χ2n) is 6.45. The van der Waals surface area contributed by atoms with Crippen LogP contribution in [0.5, 0.6) is 0 Å². The molecule has 0 spiro atoms. The molecule has 0 saturated carbocycles. The fourth-order valence-corrected chi connectivity index (χ4v) is 3.28. The number of aromatic nitrogens is 1. The van der Waals surface area contributed by atoms with Gasteiger partial charge < -0.3 is 15.8 Å². The van der Waals surface area contributed by atoms with Crippen LogP contribution >= 0.6 is 0 Å². The van der Waals surface area contributed by atoms with E-state index in [0.717, 1.165) is 0 Å². The van der Waals surface area contributed by atoms with Gasteiger partial charge in [0.2, 0.25) is 0 Å². The van der Waals surface area contributed by atoms with Gasteiger partial charge in [-0.25, -0.2) is 18.2 Å². The molecule has 1 aromatic carbocycles. The van der Waals surface area contributed by atoms with E-state index < -0.39 is 21.7 Å². The molecule has 26 heavy (non-hydrogen) atoms. The molecule has 9 heteroatoms. The van der Waals surface area contributed by atoms with Crippen molar-refractivity contribution in [3.8, 4) is 0 Å². The lowest BCUT2D eigenvalue weighted by atomic mass is 10.1. The van der Waals surface area contributed by atoms with E-state index in [4.69, 9.17) is 10.5 Å². The molecule has 1 heterocycles. The Labute approximate surface area is 152 Å². The number of ether oxygens (including phenoxy) is 1. The summed E-state index contributed by atoms with van der Waals surface area (Å²) < 4.78 is 32.4. The molecule has 4 N–H and O–H groups in total. The van der Waals surface area contributed by atoms with Crippen LogP contribution in [0, 0.1) is 0 Å². The molecule has 0 aliphatic heterocycles. The van der Waals surface area contributed by atoms with Crippen LogP contribution in [0.25, 0.3) is 10.8 Å². The molecule has 0 fully saturated rings. The largest absolute Gasteiger partial charge is 0.444 e. The Morgan fingerprint density at radius 1 is 1.27 bits per heavy atom. The molecule has 2 rings (SSSR count). The summed E-state index contributed by atoms with van der Waals surface area (Å²) in [4.78, 5) is 15.5. The first kappa shape index (κ1) is 19.5. The first-order valence-electron chi connectivity index (χ1n) is 7.87. The third-order valence-electron chi connectivity index (χ3n) is 3.19. The highest BCUT2D eigenvalue weighted by Crippen LogP contribution is 2.25. The summed E-state index contributed by atoms with van der Waals surface area (Å²) in [6.07, 6.45) is 3.58. The lowest BCUT2D eigenvalue weighted by Gasteiger charge is -2.19. The smallest absolute Gasteiger partial charge is 0.407 e. The summed E-state index contributed by atoms with van der Waals surface area (Å²) in [5.74, 6) is 0.261. The van der Waals surface area contributed by atoms with Gasteiger partial charge in [-0.2, -0.15) is 0 Å². The van der Waals surface area contributed by atoms with Crippen molar-refractivity contribution >= 4 is 32.7 Å². The Morgan fingerprint density at radius 2 is 2.00 bits per heavy atom. The number of benzene rings is 1. The van der Waals surface area contributed by atoms with Crippen molar-refractivity contribution in [2.24, 2.45) is 0 Å². The van der Waals surface area contributed by atoms with Crippen molar-refractivity contribution < 1.29 is 17.9 Å². The van der Waals surface area contributed by atoms with E-state index in [1.165, 1.54) is 24.5 Å². The maximum Gasteiger partial charge on any atom is 0.407 e. The number of fused-ring (bicyclic) bond motifs is 1. The molecule has 0 atom stereocenters. The number of nitrogen functional groups attached to an aromatic ring is 1. The van der Waals surface area contributed by atoms with Crippen LogP contribution in [0.3, 0.4) is 0 Å². The Bertz CT molecular complexity index is 933. The summed E-state index contributed by atoms with van der Waals surface area (Å²) in [6, 6.07) is 6.38. The molecule has 1 amide bonds. The summed E-state index contributed by atoms with van der Waals surface area (Å²) in [6.45, 7) is 5.37. The zero-order chi connectivity index (χ0) is 19.4. The van der Waals surface area contributed by atoms with Crippen LogP contribution in [0.2, 0.25) is 0 Å². The van der Waals surface area contributed by atoms with Gasteiger partial charge in [-0.15, -0.1) is 0 Å². The average Bonchev–Trinajstić information content (AvgIpc) is 2.52. The number of nitrogens with one attached hydrogen (secondary N) is 2. The van der Waals surface area contributed by atoms with Crippen LogP contribution in [0.15, 0.2) is 47.6 Å². The molecule has 8 nitrogen and oxygen atoms in total. The summed E-state index contributed by atoms with van der Waals surface area (Å²) in [5.41, 5.74) is 5.19. The van der Waals surface area contributed by atoms with E-state index in [9.17, 15) is 13.2 Å². The number of anilines is 1. The number of carbonyl (C=O) groups excluding carboxylic acids is 1. The second kappa shape index (κ2) is 7.61. The summed E-state index contributed by atoms with van der Waals surface area (Å²) >= 11 is 0. The zero-order valence-electron chi connectivity index (χ0n) is 14.8. The topological polar surface area (TPSA) is 123 Å². The number of hydrogen-bond donors (Lipinski definition) is 3.